The fourth-order valence-corrected chi connectivity index (χ4v) is 2.29. The van der Waals surface area contributed by atoms with E-state index < -0.39 is 6.89 Å². The fourth-order valence-electron chi connectivity index (χ4n) is 1.21. The van der Waals surface area contributed by atoms with Crippen molar-refractivity contribution < 1.29 is 0 Å². The predicted molar refractivity (Wildman–Crippen MR) is 62.9 cm³/mol. The van der Waals surface area contributed by atoms with E-state index in [-0.39, 0.29) is 0 Å². The Kier molecular flexibility index (Phi) is 6.89. The Labute approximate surface area is 77.7 Å². The van der Waals surface area contributed by atoms with E-state index in [1.165, 1.54) is 38.3 Å². The first-order chi connectivity index (χ1) is 5.56. The van der Waals surface area contributed by atoms with Crippen molar-refractivity contribution in [3.63, 3.8) is 0 Å². The first-order valence-electron chi connectivity index (χ1n) is 4.94. The van der Waals surface area contributed by atoms with Crippen molar-refractivity contribution in [2.45, 2.75) is 32.1 Å². The minimum atomic E-state index is -0.746. The van der Waals surface area contributed by atoms with Crippen molar-refractivity contribution >= 4 is 13.2 Å². The average Bonchev–Trinajstić information content (AvgIpc) is 1.94. The van der Waals surface area contributed by atoms with E-state index in [1.54, 1.807) is 0 Å². The molecule has 0 saturated carbocycles. The Bertz CT molecular complexity index is 137. The van der Waals surface area contributed by atoms with Gasteiger partial charge in [-0.15, -0.1) is 13.2 Å². The smallest absolute Gasteiger partial charge is 0.00773 e. The Morgan fingerprint density at radius 3 is 2.00 bits per heavy atom. The molecule has 0 aliphatic heterocycles. The van der Waals surface area contributed by atoms with Gasteiger partial charge in [-0.2, -0.15) is 0 Å². The molecule has 74 valence electrons. The predicted octanol–water partition coefficient (Wildman–Crippen LogP) is 2.60. The number of hydrogen-bond acceptors (Lipinski definition) is 1. The second-order valence-corrected chi connectivity index (χ2v) is 8.53. The minimum Gasteiger partial charge on any atom is -0.330 e. The summed E-state index contributed by atoms with van der Waals surface area (Å²) < 4.78 is 0. The summed E-state index contributed by atoms with van der Waals surface area (Å²) in [5.74, 6) is 0. The van der Waals surface area contributed by atoms with Crippen LogP contribution >= 0.6 is 6.89 Å². The summed E-state index contributed by atoms with van der Waals surface area (Å²) in [4.78, 5) is 0. The maximum atomic E-state index is 5.41. The van der Waals surface area contributed by atoms with E-state index in [2.05, 4.69) is 19.6 Å². The Morgan fingerprint density at radius 1 is 1.00 bits per heavy atom. The molecular formula is C10H24NP. The molecule has 0 aromatic heterocycles. The summed E-state index contributed by atoms with van der Waals surface area (Å²) in [7, 11) is 0. The van der Waals surface area contributed by atoms with Gasteiger partial charge in [-0.3, -0.25) is 0 Å². The van der Waals surface area contributed by atoms with Crippen LogP contribution in [0.1, 0.15) is 32.1 Å². The third kappa shape index (κ3) is 10.3. The summed E-state index contributed by atoms with van der Waals surface area (Å²) in [6, 6.07) is 0. The van der Waals surface area contributed by atoms with Crippen LogP contribution in [-0.2, 0) is 0 Å². The molecule has 0 atom stereocenters. The first-order valence-corrected chi connectivity index (χ1v) is 7.99. The van der Waals surface area contributed by atoms with Gasteiger partial charge < -0.3 is 5.73 Å². The molecule has 0 aliphatic carbocycles. The normalized spacial score (nSPS) is 11.9. The summed E-state index contributed by atoms with van der Waals surface area (Å²) >= 11 is 0. The highest BCUT2D eigenvalue weighted by molar-refractivity contribution is 7.72. The van der Waals surface area contributed by atoms with Crippen LogP contribution in [0.3, 0.4) is 0 Å². The standard InChI is InChI=1S/C10H24NP/c1-12(2,3)10-8-6-4-5-7-9-11/h1,4-11H2,2-3H3. The number of rotatable bonds is 7. The zero-order valence-electron chi connectivity index (χ0n) is 8.68. The van der Waals surface area contributed by atoms with Crippen molar-refractivity contribution in [3.8, 4) is 0 Å². The maximum absolute atomic E-state index is 5.41. The molecule has 2 N–H and O–H groups in total. The zero-order valence-corrected chi connectivity index (χ0v) is 9.58. The van der Waals surface area contributed by atoms with Gasteiger partial charge in [-0.25, -0.2) is 0 Å². The van der Waals surface area contributed by atoms with Gasteiger partial charge in [0, 0.05) is 0 Å². The molecular weight excluding hydrogens is 165 g/mol. The van der Waals surface area contributed by atoms with E-state index in [0.717, 1.165) is 6.54 Å². The van der Waals surface area contributed by atoms with Crippen LogP contribution in [0.2, 0.25) is 0 Å². The number of hydrogen-bond donors (Lipinski definition) is 1. The summed E-state index contributed by atoms with van der Waals surface area (Å²) in [6.45, 7) is 4.73. The second-order valence-electron chi connectivity index (χ2n) is 4.22. The molecule has 0 aromatic carbocycles. The van der Waals surface area contributed by atoms with Gasteiger partial charge in [0.1, 0.15) is 0 Å². The van der Waals surface area contributed by atoms with Gasteiger partial charge in [0.2, 0.25) is 0 Å². The third-order valence-corrected chi connectivity index (χ3v) is 3.49. The third-order valence-electron chi connectivity index (χ3n) is 1.97. The van der Waals surface area contributed by atoms with E-state index in [1.807, 2.05) is 0 Å². The van der Waals surface area contributed by atoms with Crippen molar-refractivity contribution in [1.82, 2.24) is 0 Å². The largest absolute Gasteiger partial charge is 0.330 e. The van der Waals surface area contributed by atoms with E-state index in [4.69, 9.17) is 5.73 Å². The Hall–Kier alpha value is 0.260. The molecule has 0 aliphatic rings. The lowest BCUT2D eigenvalue weighted by molar-refractivity contribution is 0.640. The molecule has 0 bridgehead atoms. The van der Waals surface area contributed by atoms with Crippen LogP contribution in [0.5, 0.6) is 0 Å². The molecule has 2 heteroatoms. The number of unbranched alkanes of at least 4 members (excludes halogenated alkanes) is 4. The van der Waals surface area contributed by atoms with Crippen LogP contribution in [0, 0.1) is 0 Å². The monoisotopic (exact) mass is 189 g/mol. The van der Waals surface area contributed by atoms with Gasteiger partial charge in [0.15, 0.2) is 0 Å². The van der Waals surface area contributed by atoms with E-state index in [0.29, 0.717) is 0 Å². The molecule has 0 saturated heterocycles. The Balaban J connectivity index is 3.06. The zero-order chi connectivity index (χ0) is 9.45. The van der Waals surface area contributed by atoms with Crippen LogP contribution in [-0.4, -0.2) is 32.3 Å². The van der Waals surface area contributed by atoms with Gasteiger partial charge in [-0.05, 0) is 38.9 Å². The van der Waals surface area contributed by atoms with Crippen molar-refractivity contribution in [2.75, 3.05) is 26.0 Å². The molecule has 0 rings (SSSR count). The molecule has 0 unspecified atom stereocenters. The molecule has 0 amide bonds. The molecule has 0 heterocycles. The van der Waals surface area contributed by atoms with Crippen LogP contribution in [0.15, 0.2) is 0 Å². The first kappa shape index (κ1) is 12.3. The van der Waals surface area contributed by atoms with Crippen molar-refractivity contribution in [2.24, 2.45) is 5.73 Å². The van der Waals surface area contributed by atoms with Gasteiger partial charge in [0.05, 0.1) is 0 Å². The van der Waals surface area contributed by atoms with Crippen LogP contribution in [0.25, 0.3) is 0 Å². The van der Waals surface area contributed by atoms with Gasteiger partial charge in [0.25, 0.3) is 0 Å². The van der Waals surface area contributed by atoms with Crippen molar-refractivity contribution in [1.29, 1.82) is 0 Å². The lowest BCUT2D eigenvalue weighted by Crippen LogP contribution is -1.97. The lowest BCUT2D eigenvalue weighted by Gasteiger charge is -2.11. The highest BCUT2D eigenvalue weighted by Gasteiger charge is 1.98. The molecule has 0 spiro atoms. The van der Waals surface area contributed by atoms with Crippen LogP contribution in [0.4, 0.5) is 0 Å². The van der Waals surface area contributed by atoms with Crippen molar-refractivity contribution in [3.05, 3.63) is 0 Å². The quantitative estimate of drug-likeness (QED) is 0.483. The molecule has 1 nitrogen and oxygen atoms in total. The van der Waals surface area contributed by atoms with E-state index in [9.17, 15) is 0 Å². The molecule has 0 radical (unpaired) electrons. The highest BCUT2D eigenvalue weighted by atomic mass is 31.2. The van der Waals surface area contributed by atoms with Gasteiger partial charge in [-0.1, -0.05) is 19.3 Å². The summed E-state index contributed by atoms with van der Waals surface area (Å²) in [5, 5.41) is 0. The van der Waals surface area contributed by atoms with Crippen LogP contribution < -0.4 is 5.73 Å². The topological polar surface area (TPSA) is 26.0 Å². The average molecular weight is 189 g/mol. The minimum absolute atomic E-state index is 0.746. The lowest BCUT2D eigenvalue weighted by atomic mass is 10.2. The second kappa shape index (κ2) is 6.74. The molecule has 0 fully saturated rings. The SMILES string of the molecule is C=P(C)(C)CCCCCCCN. The Morgan fingerprint density at radius 2 is 1.50 bits per heavy atom. The number of nitrogens with two attached hydrogens (primary N) is 1. The fraction of sp³-hybridized carbons (Fsp3) is 0.900. The van der Waals surface area contributed by atoms with Gasteiger partial charge >= 0.3 is 0 Å². The highest BCUT2D eigenvalue weighted by Crippen LogP contribution is 2.36. The van der Waals surface area contributed by atoms with E-state index >= 15 is 0 Å². The summed E-state index contributed by atoms with van der Waals surface area (Å²) in [5.41, 5.74) is 5.41. The molecule has 12 heavy (non-hydrogen) atoms. The molecule has 0 aromatic rings. The summed E-state index contributed by atoms with van der Waals surface area (Å²) in [6.07, 6.45) is 12.2. The maximum Gasteiger partial charge on any atom is -0.00773 e.